The van der Waals surface area contributed by atoms with E-state index in [0.717, 1.165) is 50.1 Å². The number of aromatic amines is 1. The number of hydrogen-bond acceptors (Lipinski definition) is 6. The van der Waals surface area contributed by atoms with E-state index in [0.29, 0.717) is 23.6 Å². The van der Waals surface area contributed by atoms with Gasteiger partial charge in [-0.25, -0.2) is 14.8 Å². The second kappa shape index (κ2) is 9.29. The Morgan fingerprint density at radius 2 is 1.91 bits per heavy atom. The van der Waals surface area contributed by atoms with Gasteiger partial charge in [0.05, 0.1) is 11.2 Å². The van der Waals surface area contributed by atoms with Gasteiger partial charge in [-0.2, -0.15) is 0 Å². The first-order valence-corrected chi connectivity index (χ1v) is 12.1. The van der Waals surface area contributed by atoms with Crippen molar-refractivity contribution in [1.82, 2.24) is 24.8 Å². The fraction of sp³-hybridized carbons (Fsp3) is 0.385. The highest BCUT2D eigenvalue weighted by atomic mass is 16.1. The van der Waals surface area contributed by atoms with Gasteiger partial charge in [-0.3, -0.25) is 14.3 Å². The summed E-state index contributed by atoms with van der Waals surface area (Å²) in [6.45, 7) is 6.18. The number of allylic oxidation sites excluding steroid dienone is 1. The molecule has 4 heterocycles. The Labute approximate surface area is 198 Å². The van der Waals surface area contributed by atoms with Crippen LogP contribution in [-0.2, 0) is 12.8 Å². The van der Waals surface area contributed by atoms with Crippen molar-refractivity contribution in [3.8, 4) is 0 Å². The monoisotopic (exact) mass is 458 g/mol. The van der Waals surface area contributed by atoms with Crippen LogP contribution in [0.25, 0.3) is 11.2 Å². The van der Waals surface area contributed by atoms with Crippen LogP contribution in [0.3, 0.4) is 0 Å². The summed E-state index contributed by atoms with van der Waals surface area (Å²) in [4.78, 5) is 39.7. The highest BCUT2D eigenvalue weighted by molar-refractivity contribution is 6.12. The number of carbonyl (C=O) groups excluding carboxylic acids is 1. The molecule has 34 heavy (non-hydrogen) atoms. The third-order valence-corrected chi connectivity index (χ3v) is 6.90. The number of hydrogen-bond donors (Lipinski definition) is 2. The standard InChI is InChI=1S/C26H30N6O2/c1-3-17-7-8-19(14-18(17)4-2)24(33)21-15-23(29-16-28-21)31-12-9-20(10-13-31)32-22-6-5-11-27-25(22)30-26(32)34/h5-8,11,14-15,20,28H,3-4,9-10,12-13,16H2,1-2H3,(H,27,30,34). The van der Waals surface area contributed by atoms with E-state index < -0.39 is 0 Å². The van der Waals surface area contributed by atoms with Gasteiger partial charge in [0.2, 0.25) is 5.78 Å². The fourth-order valence-electron chi connectivity index (χ4n) is 5.04. The molecule has 0 spiro atoms. The lowest BCUT2D eigenvalue weighted by Gasteiger charge is -2.34. The number of nitrogens with zero attached hydrogens (tertiary/aromatic N) is 4. The maximum absolute atomic E-state index is 13.2. The summed E-state index contributed by atoms with van der Waals surface area (Å²) in [7, 11) is 0. The number of aryl methyl sites for hydroxylation is 2. The minimum absolute atomic E-state index is 0.00233. The van der Waals surface area contributed by atoms with E-state index in [4.69, 9.17) is 0 Å². The predicted octanol–water partition coefficient (Wildman–Crippen LogP) is 3.21. The molecule has 2 aliphatic rings. The number of carbonyl (C=O) groups is 1. The van der Waals surface area contributed by atoms with Crippen LogP contribution in [0.5, 0.6) is 0 Å². The van der Waals surface area contributed by atoms with Gasteiger partial charge < -0.3 is 10.2 Å². The number of amidine groups is 1. The van der Waals surface area contributed by atoms with Gasteiger partial charge >= 0.3 is 5.69 Å². The summed E-state index contributed by atoms with van der Waals surface area (Å²) in [5.74, 6) is 0.826. The molecule has 8 nitrogen and oxygen atoms in total. The Morgan fingerprint density at radius 1 is 1.12 bits per heavy atom. The zero-order valence-electron chi connectivity index (χ0n) is 19.7. The van der Waals surface area contributed by atoms with Crippen molar-refractivity contribution in [1.29, 1.82) is 0 Å². The third-order valence-electron chi connectivity index (χ3n) is 6.90. The molecule has 8 heteroatoms. The normalized spacial score (nSPS) is 16.8. The van der Waals surface area contributed by atoms with Crippen molar-refractivity contribution in [2.75, 3.05) is 19.8 Å². The molecule has 1 aromatic carbocycles. The van der Waals surface area contributed by atoms with Crippen molar-refractivity contribution in [3.05, 3.63) is 75.5 Å². The number of fused-ring (bicyclic) bond motifs is 1. The van der Waals surface area contributed by atoms with Gasteiger partial charge in [-0.05, 0) is 55.0 Å². The zero-order valence-corrected chi connectivity index (χ0v) is 19.7. The molecule has 0 unspecified atom stereocenters. The lowest BCUT2D eigenvalue weighted by molar-refractivity contribution is 0.102. The molecule has 0 aliphatic carbocycles. The van der Waals surface area contributed by atoms with Crippen molar-refractivity contribution in [2.45, 2.75) is 45.6 Å². The van der Waals surface area contributed by atoms with Crippen molar-refractivity contribution in [2.24, 2.45) is 4.99 Å². The Bertz CT molecular complexity index is 1340. The number of Topliss-reactive ketones (excluding diaryl/α,β-unsaturated/α-hetero) is 1. The lowest BCUT2D eigenvalue weighted by Crippen LogP contribution is -2.42. The smallest absolute Gasteiger partial charge is 0.327 e. The van der Waals surface area contributed by atoms with Crippen LogP contribution in [0.15, 0.2) is 58.1 Å². The number of aromatic nitrogens is 3. The predicted molar refractivity (Wildman–Crippen MR) is 133 cm³/mol. The third kappa shape index (κ3) is 4.04. The van der Waals surface area contributed by atoms with Crippen LogP contribution in [0, 0.1) is 0 Å². The van der Waals surface area contributed by atoms with Crippen LogP contribution in [0.1, 0.15) is 54.2 Å². The lowest BCUT2D eigenvalue weighted by atomic mass is 9.97. The van der Waals surface area contributed by atoms with Gasteiger partial charge in [0.15, 0.2) is 5.65 Å². The van der Waals surface area contributed by atoms with E-state index >= 15 is 0 Å². The highest BCUT2D eigenvalue weighted by Gasteiger charge is 2.26. The summed E-state index contributed by atoms with van der Waals surface area (Å²) >= 11 is 0. The Balaban J connectivity index is 1.30. The van der Waals surface area contributed by atoms with Crippen LogP contribution >= 0.6 is 0 Å². The number of nitrogens with one attached hydrogen (secondary N) is 2. The van der Waals surface area contributed by atoms with Gasteiger partial charge in [0.1, 0.15) is 12.5 Å². The van der Waals surface area contributed by atoms with E-state index in [1.165, 1.54) is 11.1 Å². The molecular weight excluding hydrogens is 428 g/mol. The molecule has 5 rings (SSSR count). The number of piperidine rings is 1. The SMILES string of the molecule is CCc1ccc(C(=O)C2=CC(N3CCC(n4c(=O)[nH]c5ncccc54)CC3)=NCN2)cc1CC. The first-order valence-electron chi connectivity index (χ1n) is 12.1. The van der Waals surface area contributed by atoms with Crippen LogP contribution in [0.2, 0.25) is 0 Å². The number of H-pyrrole nitrogens is 1. The van der Waals surface area contributed by atoms with E-state index in [1.54, 1.807) is 6.20 Å². The second-order valence-corrected chi connectivity index (χ2v) is 8.82. The summed E-state index contributed by atoms with van der Waals surface area (Å²) in [6, 6.07) is 9.91. The van der Waals surface area contributed by atoms with Crippen LogP contribution < -0.4 is 11.0 Å². The second-order valence-electron chi connectivity index (χ2n) is 8.82. The van der Waals surface area contributed by atoms with Crippen molar-refractivity contribution in [3.63, 3.8) is 0 Å². The van der Waals surface area contributed by atoms with E-state index in [2.05, 4.69) is 45.1 Å². The molecule has 2 aromatic heterocycles. The summed E-state index contributed by atoms with van der Waals surface area (Å²) in [6.07, 6.45) is 7.08. The molecule has 1 fully saturated rings. The number of likely N-dealkylation sites (tertiary alicyclic amines) is 1. The number of ketones is 1. The average molecular weight is 459 g/mol. The summed E-state index contributed by atoms with van der Waals surface area (Å²) in [5.41, 5.74) is 5.17. The molecule has 3 aromatic rings. The average Bonchev–Trinajstić information content (AvgIpc) is 3.23. The van der Waals surface area contributed by atoms with Gasteiger partial charge in [0.25, 0.3) is 0 Å². The summed E-state index contributed by atoms with van der Waals surface area (Å²) in [5, 5.41) is 3.15. The highest BCUT2D eigenvalue weighted by Crippen LogP contribution is 2.25. The largest absolute Gasteiger partial charge is 0.363 e. The first-order chi connectivity index (χ1) is 16.6. The van der Waals surface area contributed by atoms with Gasteiger partial charge in [0, 0.05) is 37.0 Å². The minimum Gasteiger partial charge on any atom is -0.363 e. The molecule has 0 amide bonds. The maximum atomic E-state index is 13.2. The minimum atomic E-state index is -0.111. The Kier molecular flexibility index (Phi) is 6.04. The number of benzene rings is 1. The maximum Gasteiger partial charge on any atom is 0.327 e. The topological polar surface area (TPSA) is 95.4 Å². The Hall–Kier alpha value is -3.68. The molecular formula is C26H30N6O2. The number of pyridine rings is 1. The zero-order chi connectivity index (χ0) is 23.7. The number of imidazole rings is 1. The number of rotatable bonds is 5. The van der Waals surface area contributed by atoms with Crippen molar-refractivity contribution < 1.29 is 4.79 Å². The van der Waals surface area contributed by atoms with E-state index in [9.17, 15) is 9.59 Å². The molecule has 0 bridgehead atoms. The van der Waals surface area contributed by atoms with E-state index in [1.807, 2.05) is 34.9 Å². The fourth-order valence-corrected chi connectivity index (χ4v) is 5.04. The van der Waals surface area contributed by atoms with Crippen LogP contribution in [-0.4, -0.2) is 50.8 Å². The molecule has 1 saturated heterocycles. The Morgan fingerprint density at radius 3 is 2.68 bits per heavy atom. The van der Waals surface area contributed by atoms with Gasteiger partial charge in [-0.1, -0.05) is 26.0 Å². The molecule has 2 N–H and O–H groups in total. The van der Waals surface area contributed by atoms with Crippen LogP contribution in [0.4, 0.5) is 0 Å². The van der Waals surface area contributed by atoms with Gasteiger partial charge in [-0.15, -0.1) is 0 Å². The quantitative estimate of drug-likeness (QED) is 0.573. The molecule has 0 saturated carbocycles. The van der Waals surface area contributed by atoms with Crippen molar-refractivity contribution >= 4 is 22.8 Å². The summed E-state index contributed by atoms with van der Waals surface area (Å²) < 4.78 is 1.83. The van der Waals surface area contributed by atoms with E-state index in [-0.39, 0.29) is 17.5 Å². The first kappa shape index (κ1) is 22.1. The molecule has 0 atom stereocenters. The molecule has 0 radical (unpaired) electrons. The molecule has 176 valence electrons. The molecule has 2 aliphatic heterocycles. The number of aliphatic imine (C=N–C) groups is 1.